The molecule has 48 heavy (non-hydrogen) atoms. The van der Waals surface area contributed by atoms with Crippen molar-refractivity contribution in [1.82, 2.24) is 10.2 Å². The number of piperidine rings is 1. The first kappa shape index (κ1) is 37.8. The van der Waals surface area contributed by atoms with Gasteiger partial charge in [0.1, 0.15) is 5.75 Å². The highest BCUT2D eigenvalue weighted by Crippen LogP contribution is 2.36. The Labute approximate surface area is 286 Å². The van der Waals surface area contributed by atoms with Crippen molar-refractivity contribution in [2.75, 3.05) is 38.6 Å². The summed E-state index contributed by atoms with van der Waals surface area (Å²) in [6.07, 6.45) is 5.39. The van der Waals surface area contributed by atoms with Crippen molar-refractivity contribution >= 4 is 41.0 Å². The number of aliphatic carboxylic acids is 2. The van der Waals surface area contributed by atoms with Crippen molar-refractivity contribution in [1.29, 1.82) is 0 Å². The van der Waals surface area contributed by atoms with Crippen LogP contribution < -0.4 is 15.4 Å². The molecule has 11 heteroatoms. The van der Waals surface area contributed by atoms with Crippen molar-refractivity contribution in [2.24, 2.45) is 0 Å². The van der Waals surface area contributed by atoms with E-state index in [-0.39, 0.29) is 11.8 Å². The molecule has 0 bridgehead atoms. The van der Waals surface area contributed by atoms with Crippen LogP contribution >= 0.6 is 11.6 Å². The molecule has 3 aromatic carbocycles. The Hall–Kier alpha value is -4.67. The summed E-state index contributed by atoms with van der Waals surface area (Å²) in [5.74, 6) is -0.774. The Balaban J connectivity index is 0.000000694. The van der Waals surface area contributed by atoms with Gasteiger partial charge in [0, 0.05) is 40.5 Å². The number of benzene rings is 3. The minimum Gasteiger partial charge on any atom is -0.496 e. The number of carbonyl (C=O) groups is 4. The monoisotopic (exact) mass is 677 g/mol. The number of unbranched alkanes of at least 4 members (excludes halogenated alkanes) is 1. The standard InChI is InChI=1S/C33H40ClN3O3.C4H4O4/c1-23(2)27-10-15-30(31(22-27)40-3)24-16-20-37(21-17-24)19-5-4-18-35-32(38)25-8-13-29(14-9-25)36-33(39)26-6-11-28(34)12-7-26;5-3(6)1-2-4(7)8/h6-15,22-24H,4-5,16-21H2,1-3H3,(H,35,38)(H,36,39);1-2H,(H,5,6)(H,7,8)/b;2-1+. The summed E-state index contributed by atoms with van der Waals surface area (Å²) in [7, 11) is 1.77. The van der Waals surface area contributed by atoms with E-state index in [9.17, 15) is 19.2 Å². The van der Waals surface area contributed by atoms with E-state index >= 15 is 0 Å². The van der Waals surface area contributed by atoms with E-state index in [0.29, 0.717) is 52.4 Å². The van der Waals surface area contributed by atoms with Crippen LogP contribution in [0.5, 0.6) is 5.75 Å². The molecule has 1 aliphatic heterocycles. The first-order chi connectivity index (χ1) is 23.0. The van der Waals surface area contributed by atoms with Crippen LogP contribution in [0.1, 0.15) is 83.2 Å². The van der Waals surface area contributed by atoms with Crippen LogP contribution in [-0.2, 0) is 9.59 Å². The Morgan fingerprint density at radius 2 is 1.46 bits per heavy atom. The minimum atomic E-state index is -1.26. The zero-order valence-electron chi connectivity index (χ0n) is 27.6. The highest BCUT2D eigenvalue weighted by atomic mass is 35.5. The molecule has 256 valence electrons. The molecule has 4 rings (SSSR count). The summed E-state index contributed by atoms with van der Waals surface area (Å²) >= 11 is 5.88. The number of carboxylic acid groups (broad SMARTS) is 2. The number of halogens is 1. The number of carbonyl (C=O) groups excluding carboxylic acids is 2. The van der Waals surface area contributed by atoms with Crippen molar-refractivity contribution in [3.8, 4) is 5.75 Å². The number of nitrogens with one attached hydrogen (secondary N) is 2. The van der Waals surface area contributed by atoms with Gasteiger partial charge in [-0.25, -0.2) is 9.59 Å². The Morgan fingerprint density at radius 1 is 0.875 bits per heavy atom. The number of carboxylic acids is 2. The zero-order valence-corrected chi connectivity index (χ0v) is 28.3. The fourth-order valence-electron chi connectivity index (χ4n) is 5.31. The maximum atomic E-state index is 12.5. The lowest BCUT2D eigenvalue weighted by Gasteiger charge is -2.33. The average molecular weight is 678 g/mol. The second kappa shape index (κ2) is 19.2. The van der Waals surface area contributed by atoms with E-state index in [4.69, 9.17) is 26.6 Å². The summed E-state index contributed by atoms with van der Waals surface area (Å²) < 4.78 is 5.73. The second-order valence-electron chi connectivity index (χ2n) is 11.8. The van der Waals surface area contributed by atoms with Gasteiger partial charge in [0.15, 0.2) is 0 Å². The molecule has 0 unspecified atom stereocenters. The van der Waals surface area contributed by atoms with Gasteiger partial charge in [-0.05, 0) is 123 Å². The Morgan fingerprint density at radius 3 is 2.02 bits per heavy atom. The molecule has 1 fully saturated rings. The van der Waals surface area contributed by atoms with Crippen molar-refractivity contribution in [2.45, 2.75) is 51.4 Å². The average Bonchev–Trinajstić information content (AvgIpc) is 3.08. The van der Waals surface area contributed by atoms with Crippen molar-refractivity contribution < 1.29 is 34.1 Å². The van der Waals surface area contributed by atoms with Gasteiger partial charge < -0.3 is 30.5 Å². The molecule has 0 aromatic heterocycles. The van der Waals surface area contributed by atoms with E-state index in [1.54, 1.807) is 55.6 Å². The molecule has 3 aromatic rings. The van der Waals surface area contributed by atoms with Gasteiger partial charge in [-0.15, -0.1) is 0 Å². The lowest BCUT2D eigenvalue weighted by Crippen LogP contribution is -2.34. The third kappa shape index (κ3) is 12.5. The van der Waals surface area contributed by atoms with Crippen LogP contribution in [0, 0.1) is 0 Å². The highest BCUT2D eigenvalue weighted by Gasteiger charge is 2.23. The first-order valence-electron chi connectivity index (χ1n) is 16.0. The largest absolute Gasteiger partial charge is 0.496 e. The summed E-state index contributed by atoms with van der Waals surface area (Å²) in [5, 5.41) is 22.0. The van der Waals surface area contributed by atoms with E-state index in [1.807, 2.05) is 0 Å². The van der Waals surface area contributed by atoms with Crippen LogP contribution in [0.4, 0.5) is 5.69 Å². The van der Waals surface area contributed by atoms with Crippen LogP contribution in [0.15, 0.2) is 78.9 Å². The van der Waals surface area contributed by atoms with Crippen LogP contribution in [0.25, 0.3) is 0 Å². The number of amides is 2. The topological polar surface area (TPSA) is 145 Å². The van der Waals surface area contributed by atoms with Gasteiger partial charge in [-0.3, -0.25) is 9.59 Å². The molecule has 0 radical (unpaired) electrons. The third-order valence-electron chi connectivity index (χ3n) is 8.02. The van der Waals surface area contributed by atoms with E-state index in [0.717, 1.165) is 51.1 Å². The molecule has 4 N–H and O–H groups in total. The fourth-order valence-corrected chi connectivity index (χ4v) is 5.43. The molecule has 0 spiro atoms. The van der Waals surface area contributed by atoms with Gasteiger partial charge in [-0.2, -0.15) is 0 Å². The molecular weight excluding hydrogens is 634 g/mol. The summed E-state index contributed by atoms with van der Waals surface area (Å²) in [5.41, 5.74) is 4.38. The van der Waals surface area contributed by atoms with E-state index in [2.05, 4.69) is 47.6 Å². The fraction of sp³-hybridized carbons (Fsp3) is 0.351. The van der Waals surface area contributed by atoms with E-state index < -0.39 is 11.9 Å². The molecule has 10 nitrogen and oxygen atoms in total. The van der Waals surface area contributed by atoms with Gasteiger partial charge in [0.05, 0.1) is 7.11 Å². The van der Waals surface area contributed by atoms with Crippen LogP contribution in [0.3, 0.4) is 0 Å². The zero-order chi connectivity index (χ0) is 35.1. The van der Waals surface area contributed by atoms with Crippen LogP contribution in [0.2, 0.25) is 5.02 Å². The molecule has 1 aliphatic rings. The lowest BCUT2D eigenvalue weighted by molar-refractivity contribution is -0.134. The van der Waals surface area contributed by atoms with Gasteiger partial charge >= 0.3 is 11.9 Å². The first-order valence-corrected chi connectivity index (χ1v) is 16.3. The number of anilines is 1. The third-order valence-corrected chi connectivity index (χ3v) is 8.27. The Bertz CT molecular complexity index is 1530. The number of hydrogen-bond acceptors (Lipinski definition) is 6. The quantitative estimate of drug-likeness (QED) is 0.114. The second-order valence-corrected chi connectivity index (χ2v) is 12.2. The predicted octanol–water partition coefficient (Wildman–Crippen LogP) is 6.83. The number of likely N-dealkylation sites (tertiary alicyclic amines) is 1. The smallest absolute Gasteiger partial charge is 0.328 e. The Kier molecular flexibility index (Phi) is 15.1. The number of hydrogen-bond donors (Lipinski definition) is 4. The van der Waals surface area contributed by atoms with Crippen molar-refractivity contribution in [3.05, 3.63) is 106 Å². The summed E-state index contributed by atoms with van der Waals surface area (Å²) in [6.45, 7) is 8.30. The number of ether oxygens (including phenoxy) is 1. The molecule has 0 atom stereocenters. The van der Waals surface area contributed by atoms with Crippen LogP contribution in [-0.4, -0.2) is 72.2 Å². The molecule has 2 amide bonds. The molecule has 0 saturated carbocycles. The molecule has 1 saturated heterocycles. The summed E-state index contributed by atoms with van der Waals surface area (Å²) in [4.78, 5) is 46.5. The maximum absolute atomic E-state index is 12.5. The SMILES string of the molecule is COc1cc(C(C)C)ccc1C1CCN(CCCCNC(=O)c2ccc(NC(=O)c3ccc(Cl)cc3)cc2)CC1.O=C(O)/C=C/C(=O)O. The normalized spacial score (nSPS) is 13.4. The number of methoxy groups -OCH3 is 1. The number of nitrogens with zero attached hydrogens (tertiary/aromatic N) is 1. The minimum absolute atomic E-state index is 0.103. The van der Waals surface area contributed by atoms with Gasteiger partial charge in [0.25, 0.3) is 11.8 Å². The molecule has 0 aliphatic carbocycles. The van der Waals surface area contributed by atoms with Gasteiger partial charge in [0.2, 0.25) is 0 Å². The predicted molar refractivity (Wildman–Crippen MR) is 187 cm³/mol. The molecule has 1 heterocycles. The highest BCUT2D eigenvalue weighted by molar-refractivity contribution is 6.30. The van der Waals surface area contributed by atoms with E-state index in [1.165, 1.54) is 11.1 Å². The van der Waals surface area contributed by atoms with Crippen molar-refractivity contribution in [3.63, 3.8) is 0 Å². The number of rotatable bonds is 13. The lowest BCUT2D eigenvalue weighted by atomic mass is 9.87. The molecular formula is C37H44ClN3O7. The summed E-state index contributed by atoms with van der Waals surface area (Å²) in [6, 6.07) is 20.3. The van der Waals surface area contributed by atoms with Gasteiger partial charge in [-0.1, -0.05) is 37.6 Å². The maximum Gasteiger partial charge on any atom is 0.328 e.